The standard InChI is InChI=1S/C11H18N2O/c1-13-6-2-3-10(8-13)12-9-4-5-11(14)7-9/h7,10,12H,2-6,8H2,1H3. The molecule has 0 saturated carbocycles. The fourth-order valence-electron chi connectivity index (χ4n) is 2.26. The number of ketones is 1. The van der Waals surface area contributed by atoms with Gasteiger partial charge in [-0.2, -0.15) is 0 Å². The van der Waals surface area contributed by atoms with E-state index in [-0.39, 0.29) is 5.78 Å². The first-order valence-corrected chi connectivity index (χ1v) is 5.42. The first-order valence-electron chi connectivity index (χ1n) is 5.42. The van der Waals surface area contributed by atoms with Gasteiger partial charge >= 0.3 is 0 Å². The summed E-state index contributed by atoms with van der Waals surface area (Å²) in [4.78, 5) is 13.4. The Balaban J connectivity index is 1.85. The van der Waals surface area contributed by atoms with E-state index in [9.17, 15) is 4.79 Å². The lowest BCUT2D eigenvalue weighted by Gasteiger charge is -2.31. The molecule has 0 aromatic rings. The van der Waals surface area contributed by atoms with Crippen LogP contribution in [0.25, 0.3) is 0 Å². The third-order valence-electron chi connectivity index (χ3n) is 2.99. The lowest BCUT2D eigenvalue weighted by atomic mass is 10.1. The molecule has 2 rings (SSSR count). The molecule has 0 bridgehead atoms. The largest absolute Gasteiger partial charge is 0.384 e. The molecule has 1 atom stereocenters. The molecule has 0 radical (unpaired) electrons. The van der Waals surface area contributed by atoms with Crippen molar-refractivity contribution in [2.24, 2.45) is 0 Å². The highest BCUT2D eigenvalue weighted by molar-refractivity contribution is 5.92. The Bertz CT molecular complexity index is 260. The lowest BCUT2D eigenvalue weighted by molar-refractivity contribution is -0.114. The van der Waals surface area contributed by atoms with Crippen molar-refractivity contribution in [2.75, 3.05) is 20.1 Å². The van der Waals surface area contributed by atoms with E-state index in [0.717, 1.165) is 18.7 Å². The quantitative estimate of drug-likeness (QED) is 0.709. The van der Waals surface area contributed by atoms with E-state index < -0.39 is 0 Å². The van der Waals surface area contributed by atoms with E-state index in [1.165, 1.54) is 19.4 Å². The van der Waals surface area contributed by atoms with Gasteiger partial charge in [0.1, 0.15) is 0 Å². The number of nitrogens with zero attached hydrogens (tertiary/aromatic N) is 1. The Kier molecular flexibility index (Phi) is 2.87. The normalized spacial score (nSPS) is 29.1. The van der Waals surface area contributed by atoms with Crippen LogP contribution in [0.3, 0.4) is 0 Å². The summed E-state index contributed by atoms with van der Waals surface area (Å²) in [5.74, 6) is 0.275. The van der Waals surface area contributed by atoms with Gasteiger partial charge in [0, 0.05) is 30.8 Å². The van der Waals surface area contributed by atoms with Gasteiger partial charge in [-0.25, -0.2) is 0 Å². The van der Waals surface area contributed by atoms with E-state index >= 15 is 0 Å². The Labute approximate surface area is 85.2 Å². The first-order chi connectivity index (χ1) is 6.74. The molecular formula is C11H18N2O. The number of nitrogens with one attached hydrogen (secondary N) is 1. The van der Waals surface area contributed by atoms with Crippen molar-refractivity contribution >= 4 is 5.78 Å². The zero-order valence-electron chi connectivity index (χ0n) is 8.75. The molecule has 3 nitrogen and oxygen atoms in total. The predicted octanol–water partition coefficient (Wildman–Crippen LogP) is 0.917. The molecule has 1 aliphatic carbocycles. The van der Waals surface area contributed by atoms with Gasteiger partial charge in [-0.1, -0.05) is 0 Å². The predicted molar refractivity (Wildman–Crippen MR) is 56.0 cm³/mol. The van der Waals surface area contributed by atoms with Gasteiger partial charge in [0.05, 0.1) is 0 Å². The van der Waals surface area contributed by atoms with E-state index in [1.807, 2.05) is 0 Å². The van der Waals surface area contributed by atoms with E-state index in [4.69, 9.17) is 0 Å². The number of rotatable bonds is 2. The SMILES string of the molecule is CN1CCCC(NC2=CC(=O)CC2)C1. The van der Waals surface area contributed by atoms with Gasteiger partial charge < -0.3 is 10.2 Å². The molecule has 1 unspecified atom stereocenters. The number of allylic oxidation sites excluding steroid dienone is 2. The second kappa shape index (κ2) is 4.13. The van der Waals surface area contributed by atoms with Gasteiger partial charge in [-0.05, 0) is 32.9 Å². The van der Waals surface area contributed by atoms with E-state index in [0.29, 0.717) is 12.5 Å². The summed E-state index contributed by atoms with van der Waals surface area (Å²) in [6.07, 6.45) is 5.88. The van der Waals surface area contributed by atoms with Crippen LogP contribution in [-0.4, -0.2) is 36.9 Å². The average Bonchev–Trinajstić information content (AvgIpc) is 2.51. The molecule has 1 N–H and O–H groups in total. The third-order valence-corrected chi connectivity index (χ3v) is 2.99. The fourth-order valence-corrected chi connectivity index (χ4v) is 2.26. The van der Waals surface area contributed by atoms with Crippen LogP contribution in [0.2, 0.25) is 0 Å². The molecule has 1 heterocycles. The Hall–Kier alpha value is -0.830. The molecule has 0 amide bonds. The molecule has 1 fully saturated rings. The number of likely N-dealkylation sites (N-methyl/N-ethyl adjacent to an activating group) is 1. The highest BCUT2D eigenvalue weighted by Crippen LogP contribution is 2.15. The zero-order valence-corrected chi connectivity index (χ0v) is 8.75. The van der Waals surface area contributed by atoms with Crippen molar-refractivity contribution < 1.29 is 4.79 Å². The van der Waals surface area contributed by atoms with Crippen molar-refractivity contribution in [1.29, 1.82) is 0 Å². The summed E-state index contributed by atoms with van der Waals surface area (Å²) >= 11 is 0. The van der Waals surface area contributed by atoms with Crippen LogP contribution in [0.1, 0.15) is 25.7 Å². The van der Waals surface area contributed by atoms with Crippen molar-refractivity contribution in [3.8, 4) is 0 Å². The summed E-state index contributed by atoms with van der Waals surface area (Å²) in [6, 6.07) is 0.547. The number of piperidine rings is 1. The van der Waals surface area contributed by atoms with E-state index in [1.54, 1.807) is 6.08 Å². The molecule has 0 spiro atoms. The topological polar surface area (TPSA) is 32.3 Å². The molecule has 0 aromatic heterocycles. The highest BCUT2D eigenvalue weighted by atomic mass is 16.1. The molecule has 2 aliphatic rings. The maximum absolute atomic E-state index is 11.0. The number of hydrogen-bond donors (Lipinski definition) is 1. The number of hydrogen-bond acceptors (Lipinski definition) is 3. The summed E-state index contributed by atoms with van der Waals surface area (Å²) in [5, 5.41) is 3.48. The number of carbonyl (C=O) groups is 1. The lowest BCUT2D eigenvalue weighted by Crippen LogP contribution is -2.43. The average molecular weight is 194 g/mol. The molecule has 1 aliphatic heterocycles. The van der Waals surface area contributed by atoms with Crippen LogP contribution in [0.4, 0.5) is 0 Å². The van der Waals surface area contributed by atoms with Crippen LogP contribution >= 0.6 is 0 Å². The molecule has 14 heavy (non-hydrogen) atoms. The van der Waals surface area contributed by atoms with Gasteiger partial charge in [-0.15, -0.1) is 0 Å². The van der Waals surface area contributed by atoms with Crippen LogP contribution in [0, 0.1) is 0 Å². The monoisotopic (exact) mass is 194 g/mol. The third kappa shape index (κ3) is 2.35. The minimum Gasteiger partial charge on any atom is -0.384 e. The highest BCUT2D eigenvalue weighted by Gasteiger charge is 2.19. The minimum atomic E-state index is 0.275. The van der Waals surface area contributed by atoms with Crippen molar-refractivity contribution in [1.82, 2.24) is 10.2 Å². The van der Waals surface area contributed by atoms with Crippen molar-refractivity contribution in [3.05, 3.63) is 11.8 Å². The Morgan fingerprint density at radius 3 is 3.00 bits per heavy atom. The minimum absolute atomic E-state index is 0.275. The maximum atomic E-state index is 11.0. The molecule has 0 aromatic carbocycles. The van der Waals surface area contributed by atoms with Crippen molar-refractivity contribution in [3.63, 3.8) is 0 Å². The van der Waals surface area contributed by atoms with Gasteiger partial charge in [0.15, 0.2) is 5.78 Å². The van der Waals surface area contributed by atoms with Crippen LogP contribution in [0.5, 0.6) is 0 Å². The zero-order chi connectivity index (χ0) is 9.97. The van der Waals surface area contributed by atoms with E-state index in [2.05, 4.69) is 17.3 Å². The number of carbonyl (C=O) groups excluding carboxylic acids is 1. The van der Waals surface area contributed by atoms with Gasteiger partial charge in [0.2, 0.25) is 0 Å². The van der Waals surface area contributed by atoms with Crippen LogP contribution in [-0.2, 0) is 4.79 Å². The van der Waals surface area contributed by atoms with Crippen LogP contribution in [0.15, 0.2) is 11.8 Å². The van der Waals surface area contributed by atoms with Crippen LogP contribution < -0.4 is 5.32 Å². The van der Waals surface area contributed by atoms with Crippen molar-refractivity contribution in [2.45, 2.75) is 31.7 Å². The molecule has 3 heteroatoms. The second-order valence-electron chi connectivity index (χ2n) is 4.38. The smallest absolute Gasteiger partial charge is 0.157 e. The second-order valence-corrected chi connectivity index (χ2v) is 4.38. The molecule has 78 valence electrons. The summed E-state index contributed by atoms with van der Waals surface area (Å²) in [7, 11) is 2.15. The van der Waals surface area contributed by atoms with Gasteiger partial charge in [-0.3, -0.25) is 4.79 Å². The molecule has 1 saturated heterocycles. The summed E-state index contributed by atoms with van der Waals surface area (Å²) in [5.41, 5.74) is 1.15. The fraction of sp³-hybridized carbons (Fsp3) is 0.727. The summed E-state index contributed by atoms with van der Waals surface area (Å²) < 4.78 is 0. The maximum Gasteiger partial charge on any atom is 0.157 e. The number of likely N-dealkylation sites (tertiary alicyclic amines) is 1. The summed E-state index contributed by atoms with van der Waals surface area (Å²) in [6.45, 7) is 2.31. The Morgan fingerprint density at radius 2 is 2.36 bits per heavy atom. The molecular weight excluding hydrogens is 176 g/mol. The Morgan fingerprint density at radius 1 is 1.50 bits per heavy atom. The van der Waals surface area contributed by atoms with Gasteiger partial charge in [0.25, 0.3) is 0 Å². The first kappa shape index (κ1) is 9.71.